The Hall–Kier alpha value is -1.32. The number of likely N-dealkylation sites (tertiary alicyclic amines) is 1. The summed E-state index contributed by atoms with van der Waals surface area (Å²) in [4.78, 5) is 14.3. The van der Waals surface area contributed by atoms with Gasteiger partial charge in [-0.1, -0.05) is 13.8 Å². The molecular formula is C14H23N3O. The number of amides is 1. The Morgan fingerprint density at radius 2 is 2.22 bits per heavy atom. The van der Waals surface area contributed by atoms with Crippen molar-refractivity contribution in [2.75, 3.05) is 13.1 Å². The standard InChI is InChI=1S/C14H23N3O/c1-11(2)9-13-5-8-16(10-13)14(18)12(3)17-7-4-6-15-17/h4,6-7,11-13H,5,8-10H2,1-3H3. The maximum Gasteiger partial charge on any atom is 0.247 e. The lowest BCUT2D eigenvalue weighted by Gasteiger charge is -2.21. The number of hydrogen-bond acceptors (Lipinski definition) is 2. The molecule has 100 valence electrons. The largest absolute Gasteiger partial charge is 0.341 e. The normalized spacial score (nSPS) is 21.6. The van der Waals surface area contributed by atoms with E-state index < -0.39 is 0 Å². The minimum absolute atomic E-state index is 0.183. The van der Waals surface area contributed by atoms with Gasteiger partial charge < -0.3 is 4.90 Å². The maximum absolute atomic E-state index is 12.3. The van der Waals surface area contributed by atoms with Crippen molar-refractivity contribution in [3.8, 4) is 0 Å². The van der Waals surface area contributed by atoms with E-state index in [1.165, 1.54) is 6.42 Å². The molecule has 0 aliphatic carbocycles. The van der Waals surface area contributed by atoms with Gasteiger partial charge >= 0.3 is 0 Å². The minimum Gasteiger partial charge on any atom is -0.341 e. The zero-order chi connectivity index (χ0) is 13.1. The predicted octanol–water partition coefficient (Wildman–Crippen LogP) is 2.34. The molecule has 2 unspecified atom stereocenters. The average Bonchev–Trinajstić information content (AvgIpc) is 2.96. The van der Waals surface area contributed by atoms with Gasteiger partial charge in [0.1, 0.15) is 6.04 Å². The predicted molar refractivity (Wildman–Crippen MR) is 71.1 cm³/mol. The van der Waals surface area contributed by atoms with Gasteiger partial charge in [0.25, 0.3) is 0 Å². The molecule has 0 bridgehead atoms. The van der Waals surface area contributed by atoms with Gasteiger partial charge in [0.05, 0.1) is 0 Å². The van der Waals surface area contributed by atoms with E-state index in [0.717, 1.165) is 19.5 Å². The summed E-state index contributed by atoms with van der Waals surface area (Å²) in [5.41, 5.74) is 0. The van der Waals surface area contributed by atoms with Crippen LogP contribution < -0.4 is 0 Å². The van der Waals surface area contributed by atoms with Gasteiger partial charge in [-0.2, -0.15) is 5.10 Å². The second-order valence-electron chi connectivity index (χ2n) is 5.73. The topological polar surface area (TPSA) is 38.1 Å². The third-order valence-electron chi connectivity index (χ3n) is 3.68. The van der Waals surface area contributed by atoms with E-state index in [2.05, 4.69) is 18.9 Å². The Kier molecular flexibility index (Phi) is 4.04. The molecule has 0 radical (unpaired) electrons. The Labute approximate surface area is 109 Å². The molecule has 0 spiro atoms. The number of carbonyl (C=O) groups is 1. The summed E-state index contributed by atoms with van der Waals surface area (Å²) in [7, 11) is 0. The summed E-state index contributed by atoms with van der Waals surface area (Å²) >= 11 is 0. The Morgan fingerprint density at radius 3 is 2.83 bits per heavy atom. The quantitative estimate of drug-likeness (QED) is 0.821. The zero-order valence-electron chi connectivity index (χ0n) is 11.5. The fraction of sp³-hybridized carbons (Fsp3) is 0.714. The van der Waals surface area contributed by atoms with Crippen LogP contribution in [0.15, 0.2) is 18.5 Å². The molecule has 1 fully saturated rings. The molecule has 1 amide bonds. The van der Waals surface area contributed by atoms with Crippen molar-refractivity contribution < 1.29 is 4.79 Å². The van der Waals surface area contributed by atoms with Crippen LogP contribution in [0.1, 0.15) is 39.7 Å². The summed E-state index contributed by atoms with van der Waals surface area (Å²) < 4.78 is 1.73. The molecule has 18 heavy (non-hydrogen) atoms. The van der Waals surface area contributed by atoms with Crippen LogP contribution in [0.4, 0.5) is 0 Å². The van der Waals surface area contributed by atoms with E-state index in [-0.39, 0.29) is 11.9 Å². The number of carbonyl (C=O) groups excluding carboxylic acids is 1. The summed E-state index contributed by atoms with van der Waals surface area (Å²) in [5, 5.41) is 4.15. The lowest BCUT2D eigenvalue weighted by molar-refractivity contribution is -0.133. The van der Waals surface area contributed by atoms with Crippen LogP contribution in [-0.4, -0.2) is 33.7 Å². The lowest BCUT2D eigenvalue weighted by Crippen LogP contribution is -2.34. The van der Waals surface area contributed by atoms with E-state index in [9.17, 15) is 4.79 Å². The summed E-state index contributed by atoms with van der Waals surface area (Å²) in [6.07, 6.45) is 5.94. The Morgan fingerprint density at radius 1 is 1.44 bits per heavy atom. The van der Waals surface area contributed by atoms with Crippen molar-refractivity contribution in [1.29, 1.82) is 0 Å². The first-order chi connectivity index (χ1) is 8.58. The van der Waals surface area contributed by atoms with Gasteiger partial charge in [0.15, 0.2) is 0 Å². The van der Waals surface area contributed by atoms with Gasteiger partial charge in [-0.3, -0.25) is 9.48 Å². The Balaban J connectivity index is 1.91. The fourth-order valence-corrected chi connectivity index (χ4v) is 2.78. The number of aromatic nitrogens is 2. The van der Waals surface area contributed by atoms with Crippen molar-refractivity contribution in [2.45, 2.75) is 39.7 Å². The molecule has 0 saturated carbocycles. The van der Waals surface area contributed by atoms with E-state index in [0.29, 0.717) is 11.8 Å². The molecule has 1 aliphatic heterocycles. The molecule has 2 atom stereocenters. The minimum atomic E-state index is -0.183. The molecule has 1 saturated heterocycles. The zero-order valence-corrected chi connectivity index (χ0v) is 11.5. The van der Waals surface area contributed by atoms with Crippen molar-refractivity contribution in [3.05, 3.63) is 18.5 Å². The molecule has 2 rings (SSSR count). The lowest BCUT2D eigenvalue weighted by atomic mass is 9.97. The monoisotopic (exact) mass is 249 g/mol. The van der Waals surface area contributed by atoms with E-state index >= 15 is 0 Å². The third-order valence-corrected chi connectivity index (χ3v) is 3.68. The highest BCUT2D eigenvalue weighted by Crippen LogP contribution is 2.25. The summed E-state index contributed by atoms with van der Waals surface area (Å²) in [6.45, 7) is 8.24. The van der Waals surface area contributed by atoms with E-state index in [1.54, 1.807) is 10.9 Å². The van der Waals surface area contributed by atoms with Crippen LogP contribution >= 0.6 is 0 Å². The molecule has 1 aromatic heterocycles. The van der Waals surface area contributed by atoms with Crippen LogP contribution in [-0.2, 0) is 4.79 Å². The molecule has 0 N–H and O–H groups in total. The summed E-state index contributed by atoms with van der Waals surface area (Å²) in [5.74, 6) is 1.59. The van der Waals surface area contributed by atoms with Crippen LogP contribution in [0, 0.1) is 11.8 Å². The molecule has 1 aliphatic rings. The Bertz CT molecular complexity index is 386. The van der Waals surface area contributed by atoms with Gasteiger partial charge in [-0.25, -0.2) is 0 Å². The number of nitrogens with zero attached hydrogens (tertiary/aromatic N) is 3. The highest BCUT2D eigenvalue weighted by atomic mass is 16.2. The highest BCUT2D eigenvalue weighted by molar-refractivity contribution is 5.80. The van der Waals surface area contributed by atoms with Crippen LogP contribution in [0.5, 0.6) is 0 Å². The average molecular weight is 249 g/mol. The molecule has 2 heterocycles. The van der Waals surface area contributed by atoms with Gasteiger partial charge in [-0.15, -0.1) is 0 Å². The van der Waals surface area contributed by atoms with Crippen molar-refractivity contribution in [1.82, 2.24) is 14.7 Å². The summed E-state index contributed by atoms with van der Waals surface area (Å²) in [6, 6.07) is 1.67. The van der Waals surface area contributed by atoms with Crippen LogP contribution in [0.3, 0.4) is 0 Å². The number of rotatable bonds is 4. The maximum atomic E-state index is 12.3. The first kappa shape index (κ1) is 13.1. The van der Waals surface area contributed by atoms with Crippen molar-refractivity contribution in [3.63, 3.8) is 0 Å². The molecule has 1 aromatic rings. The second kappa shape index (κ2) is 5.55. The third kappa shape index (κ3) is 2.92. The second-order valence-corrected chi connectivity index (χ2v) is 5.73. The molecule has 0 aromatic carbocycles. The molecular weight excluding hydrogens is 226 g/mol. The van der Waals surface area contributed by atoms with Gasteiger partial charge in [0, 0.05) is 25.5 Å². The van der Waals surface area contributed by atoms with Crippen LogP contribution in [0.2, 0.25) is 0 Å². The highest BCUT2D eigenvalue weighted by Gasteiger charge is 2.29. The van der Waals surface area contributed by atoms with Crippen LogP contribution in [0.25, 0.3) is 0 Å². The number of hydrogen-bond donors (Lipinski definition) is 0. The smallest absolute Gasteiger partial charge is 0.247 e. The van der Waals surface area contributed by atoms with E-state index in [1.807, 2.05) is 24.1 Å². The van der Waals surface area contributed by atoms with Crippen molar-refractivity contribution >= 4 is 5.91 Å². The molecule has 4 heteroatoms. The van der Waals surface area contributed by atoms with E-state index in [4.69, 9.17) is 0 Å². The first-order valence-corrected chi connectivity index (χ1v) is 6.86. The fourth-order valence-electron chi connectivity index (χ4n) is 2.78. The molecule has 4 nitrogen and oxygen atoms in total. The van der Waals surface area contributed by atoms with Gasteiger partial charge in [-0.05, 0) is 37.7 Å². The first-order valence-electron chi connectivity index (χ1n) is 6.86. The SMILES string of the molecule is CC(C)CC1CCN(C(=O)C(C)n2cccn2)C1. The van der Waals surface area contributed by atoms with Crippen molar-refractivity contribution in [2.24, 2.45) is 11.8 Å². The van der Waals surface area contributed by atoms with Gasteiger partial charge in [0.2, 0.25) is 5.91 Å².